The summed E-state index contributed by atoms with van der Waals surface area (Å²) in [5.74, 6) is 1.62. The molecule has 1 atom stereocenters. The molecule has 0 radical (unpaired) electrons. The quantitative estimate of drug-likeness (QED) is 0.359. The Morgan fingerprint density at radius 3 is 2.79 bits per heavy atom. The molecule has 0 saturated carbocycles. The van der Waals surface area contributed by atoms with Crippen LogP contribution in [0, 0.1) is 0 Å². The number of para-hydroxylation sites is 1. The first-order valence-corrected chi connectivity index (χ1v) is 11.7. The highest BCUT2D eigenvalue weighted by atomic mass is 35.5. The number of rotatable bonds is 6. The van der Waals surface area contributed by atoms with Gasteiger partial charge in [0.15, 0.2) is 11.0 Å². The number of benzene rings is 2. The first kappa shape index (κ1) is 19.1. The number of aromatic nitrogens is 4. The summed E-state index contributed by atoms with van der Waals surface area (Å²) in [6.07, 6.45) is 2.39. The van der Waals surface area contributed by atoms with E-state index in [0.29, 0.717) is 5.02 Å². The van der Waals surface area contributed by atoms with Gasteiger partial charge in [-0.2, -0.15) is 0 Å². The minimum Gasteiger partial charge on any atom is -0.376 e. The van der Waals surface area contributed by atoms with Gasteiger partial charge in [-0.15, -0.1) is 21.5 Å². The molecular weight excluding hydrogens is 424 g/mol. The number of halogens is 1. The maximum absolute atomic E-state index is 6.06. The molecule has 1 aliphatic rings. The normalized spacial score (nSPS) is 16.7. The molecule has 8 heteroatoms. The largest absolute Gasteiger partial charge is 0.376 e. The molecule has 0 N–H and O–H groups in total. The van der Waals surface area contributed by atoms with Gasteiger partial charge < -0.3 is 4.74 Å². The summed E-state index contributed by atoms with van der Waals surface area (Å²) in [4.78, 5) is 4.74. The zero-order valence-corrected chi connectivity index (χ0v) is 18.0. The Labute approximate surface area is 182 Å². The summed E-state index contributed by atoms with van der Waals surface area (Å²) < 4.78 is 9.27. The van der Waals surface area contributed by atoms with E-state index < -0.39 is 0 Å². The van der Waals surface area contributed by atoms with Gasteiger partial charge in [-0.3, -0.25) is 4.57 Å². The summed E-state index contributed by atoms with van der Waals surface area (Å²) >= 11 is 9.46. The summed E-state index contributed by atoms with van der Waals surface area (Å²) in [5, 5.41) is 11.7. The average Bonchev–Trinajstić information content (AvgIpc) is 3.47. The van der Waals surface area contributed by atoms with E-state index in [-0.39, 0.29) is 6.10 Å². The second-order valence-corrected chi connectivity index (χ2v) is 9.42. The van der Waals surface area contributed by atoms with E-state index in [1.807, 2.05) is 36.4 Å². The Kier molecular flexibility index (Phi) is 5.54. The molecule has 148 valence electrons. The fourth-order valence-corrected chi connectivity index (χ4v) is 5.51. The second-order valence-electron chi connectivity index (χ2n) is 6.92. The third-order valence-electron chi connectivity index (χ3n) is 4.89. The van der Waals surface area contributed by atoms with E-state index in [1.54, 1.807) is 23.1 Å². The fraction of sp³-hybridized carbons (Fsp3) is 0.286. The van der Waals surface area contributed by atoms with Crippen LogP contribution in [0.15, 0.2) is 53.7 Å². The van der Waals surface area contributed by atoms with Crippen molar-refractivity contribution in [3.05, 3.63) is 58.6 Å². The van der Waals surface area contributed by atoms with Crippen LogP contribution in [-0.4, -0.2) is 32.5 Å². The van der Waals surface area contributed by atoms with E-state index in [4.69, 9.17) is 21.3 Å². The molecule has 29 heavy (non-hydrogen) atoms. The Bertz CT molecular complexity index is 1090. The molecule has 5 rings (SSSR count). The highest BCUT2D eigenvalue weighted by Gasteiger charge is 2.22. The van der Waals surface area contributed by atoms with Gasteiger partial charge in [-0.25, -0.2) is 4.98 Å². The first-order valence-electron chi connectivity index (χ1n) is 9.54. The monoisotopic (exact) mass is 442 g/mol. The van der Waals surface area contributed by atoms with Crippen LogP contribution >= 0.6 is 34.7 Å². The molecule has 0 bridgehead atoms. The van der Waals surface area contributed by atoms with Crippen LogP contribution in [0.25, 0.3) is 21.6 Å². The predicted octanol–water partition coefficient (Wildman–Crippen LogP) is 5.68. The van der Waals surface area contributed by atoms with Crippen molar-refractivity contribution in [2.75, 3.05) is 6.61 Å². The Morgan fingerprint density at radius 1 is 1.14 bits per heavy atom. The van der Waals surface area contributed by atoms with Crippen molar-refractivity contribution in [1.29, 1.82) is 0 Å². The second kappa shape index (κ2) is 8.44. The number of thiazole rings is 1. The van der Waals surface area contributed by atoms with Gasteiger partial charge in [0.05, 0.1) is 28.6 Å². The maximum Gasteiger partial charge on any atom is 0.191 e. The van der Waals surface area contributed by atoms with Gasteiger partial charge in [0.25, 0.3) is 0 Å². The Balaban J connectivity index is 1.42. The smallest absolute Gasteiger partial charge is 0.191 e. The summed E-state index contributed by atoms with van der Waals surface area (Å²) in [6, 6.07) is 16.0. The summed E-state index contributed by atoms with van der Waals surface area (Å²) in [7, 11) is 0. The molecule has 0 amide bonds. The summed E-state index contributed by atoms with van der Waals surface area (Å²) in [5.41, 5.74) is 2.06. The number of fused-ring (bicyclic) bond motifs is 1. The highest BCUT2D eigenvalue weighted by Crippen LogP contribution is 2.31. The van der Waals surface area contributed by atoms with E-state index >= 15 is 0 Å². The van der Waals surface area contributed by atoms with Gasteiger partial charge in [0, 0.05) is 17.2 Å². The molecule has 0 aliphatic carbocycles. The molecular formula is C21H19ClN4OS2. The van der Waals surface area contributed by atoms with Gasteiger partial charge in [-0.1, -0.05) is 35.5 Å². The van der Waals surface area contributed by atoms with Crippen LogP contribution in [0.2, 0.25) is 5.02 Å². The van der Waals surface area contributed by atoms with Gasteiger partial charge in [-0.05, 0) is 49.2 Å². The standard InChI is InChI=1S/C21H19ClN4OS2/c22-15-9-7-14(8-10-15)20-24-25-21(26(20)12-16-4-3-11-27-16)28-13-19-23-17-5-1-2-6-18(17)29-19/h1-2,5-10,16H,3-4,11-13H2. The lowest BCUT2D eigenvalue weighted by Gasteiger charge is -2.14. The van der Waals surface area contributed by atoms with E-state index in [0.717, 1.165) is 58.8 Å². The molecule has 4 aromatic rings. The van der Waals surface area contributed by atoms with Crippen molar-refractivity contribution in [2.24, 2.45) is 0 Å². The van der Waals surface area contributed by atoms with Crippen molar-refractivity contribution in [3.8, 4) is 11.4 Å². The molecule has 1 unspecified atom stereocenters. The number of nitrogens with zero attached hydrogens (tertiary/aromatic N) is 4. The maximum atomic E-state index is 6.06. The molecule has 1 saturated heterocycles. The average molecular weight is 443 g/mol. The fourth-order valence-electron chi connectivity index (χ4n) is 3.47. The lowest BCUT2D eigenvalue weighted by atomic mass is 10.2. The van der Waals surface area contributed by atoms with Crippen LogP contribution in [0.1, 0.15) is 17.8 Å². The number of thioether (sulfide) groups is 1. The van der Waals surface area contributed by atoms with E-state index in [2.05, 4.69) is 26.9 Å². The number of hydrogen-bond acceptors (Lipinski definition) is 6. The van der Waals surface area contributed by atoms with E-state index in [1.165, 1.54) is 4.70 Å². The van der Waals surface area contributed by atoms with Crippen molar-refractivity contribution in [1.82, 2.24) is 19.7 Å². The number of ether oxygens (including phenoxy) is 1. The van der Waals surface area contributed by atoms with Gasteiger partial charge in [0.2, 0.25) is 0 Å². The Hall–Kier alpha value is -1.93. The van der Waals surface area contributed by atoms with Crippen LogP contribution in [-0.2, 0) is 17.0 Å². The third kappa shape index (κ3) is 4.19. The zero-order valence-electron chi connectivity index (χ0n) is 15.6. The molecule has 5 nitrogen and oxygen atoms in total. The molecule has 1 fully saturated rings. The lowest BCUT2D eigenvalue weighted by molar-refractivity contribution is 0.0953. The molecule has 2 aromatic carbocycles. The van der Waals surface area contributed by atoms with Crippen LogP contribution in [0.4, 0.5) is 0 Å². The van der Waals surface area contributed by atoms with Crippen LogP contribution in [0.5, 0.6) is 0 Å². The van der Waals surface area contributed by atoms with Crippen molar-refractivity contribution in [3.63, 3.8) is 0 Å². The molecule has 2 aromatic heterocycles. The van der Waals surface area contributed by atoms with E-state index in [9.17, 15) is 0 Å². The molecule has 3 heterocycles. The minimum atomic E-state index is 0.207. The highest BCUT2D eigenvalue weighted by molar-refractivity contribution is 7.98. The zero-order chi connectivity index (χ0) is 19.6. The topological polar surface area (TPSA) is 52.8 Å². The Morgan fingerprint density at radius 2 is 2.00 bits per heavy atom. The van der Waals surface area contributed by atoms with Crippen molar-refractivity contribution < 1.29 is 4.74 Å². The SMILES string of the molecule is Clc1ccc(-c2nnc(SCc3nc4ccccc4s3)n2CC2CCCO2)cc1. The van der Waals surface area contributed by atoms with Crippen LogP contribution < -0.4 is 0 Å². The van der Waals surface area contributed by atoms with Gasteiger partial charge in [0.1, 0.15) is 5.01 Å². The van der Waals surface area contributed by atoms with Crippen molar-refractivity contribution >= 4 is 44.9 Å². The molecule has 0 spiro atoms. The number of hydrogen-bond donors (Lipinski definition) is 0. The predicted molar refractivity (Wildman–Crippen MR) is 119 cm³/mol. The third-order valence-corrected chi connectivity index (χ3v) is 7.34. The lowest BCUT2D eigenvalue weighted by Crippen LogP contribution is -2.16. The molecule has 1 aliphatic heterocycles. The first-order chi connectivity index (χ1) is 14.3. The summed E-state index contributed by atoms with van der Waals surface area (Å²) in [6.45, 7) is 1.59. The van der Waals surface area contributed by atoms with Crippen molar-refractivity contribution in [2.45, 2.75) is 36.4 Å². The van der Waals surface area contributed by atoms with Gasteiger partial charge >= 0.3 is 0 Å². The van der Waals surface area contributed by atoms with Crippen LogP contribution in [0.3, 0.4) is 0 Å². The minimum absolute atomic E-state index is 0.207.